The molecule has 0 spiro atoms. The monoisotopic (exact) mass is 414 g/mol. The molecule has 0 amide bonds. The Hall–Kier alpha value is -1.81. The van der Waals surface area contributed by atoms with Crippen molar-refractivity contribution in [3.05, 3.63) is 54.1 Å². The zero-order valence-corrected chi connectivity index (χ0v) is 16.8. The van der Waals surface area contributed by atoms with Gasteiger partial charge in [-0.15, -0.1) is 0 Å². The van der Waals surface area contributed by atoms with Crippen LogP contribution in [-0.2, 0) is 25.7 Å². The minimum absolute atomic E-state index is 0.0126. The number of primary sulfonamides is 1. The molecule has 0 bridgehead atoms. The summed E-state index contributed by atoms with van der Waals surface area (Å²) >= 11 is 0. The molecule has 2 aromatic carbocycles. The Kier molecular flexibility index (Phi) is 6.41. The average molecular weight is 415 g/mol. The minimum atomic E-state index is -3.76. The molecule has 0 aliphatic rings. The number of rotatable bonds is 8. The highest BCUT2D eigenvalue weighted by Gasteiger charge is 2.27. The van der Waals surface area contributed by atoms with Crippen molar-refractivity contribution in [2.24, 2.45) is 5.14 Å². The van der Waals surface area contributed by atoms with Gasteiger partial charge in [0.2, 0.25) is 20.0 Å². The first-order valence-electron chi connectivity index (χ1n) is 8.35. The number of alkyl halides is 1. The number of hydrogen-bond acceptors (Lipinski definition) is 4. The number of nitrogens with two attached hydrogens (primary N) is 1. The van der Waals surface area contributed by atoms with E-state index in [0.29, 0.717) is 12.0 Å². The topological polar surface area (TPSA) is 106 Å². The van der Waals surface area contributed by atoms with Gasteiger partial charge in [-0.1, -0.05) is 43.3 Å². The van der Waals surface area contributed by atoms with Crippen LogP contribution in [0, 0.1) is 0 Å². The van der Waals surface area contributed by atoms with Gasteiger partial charge in [-0.3, -0.25) is 0 Å². The molecule has 2 aromatic rings. The van der Waals surface area contributed by atoms with Crippen molar-refractivity contribution in [3.63, 3.8) is 0 Å². The minimum Gasteiger partial charge on any atom is -0.238 e. The lowest BCUT2D eigenvalue weighted by atomic mass is 9.95. The molecule has 0 aliphatic heterocycles. The molecular formula is C18H23FN2O4S2. The smallest absolute Gasteiger partial charge is 0.238 e. The zero-order chi connectivity index (χ0) is 20.3. The highest BCUT2D eigenvalue weighted by atomic mass is 32.2. The van der Waals surface area contributed by atoms with Crippen molar-refractivity contribution in [2.75, 3.05) is 12.3 Å². The zero-order valence-electron chi connectivity index (χ0n) is 15.1. The summed E-state index contributed by atoms with van der Waals surface area (Å²) in [4.78, 5) is 0.0126. The van der Waals surface area contributed by atoms with Gasteiger partial charge in [-0.2, -0.15) is 0 Å². The van der Waals surface area contributed by atoms with Gasteiger partial charge in [0.15, 0.2) is 0 Å². The second-order valence-corrected chi connectivity index (χ2v) is 9.97. The Labute approximate surface area is 159 Å². The number of halogens is 1. The molecule has 148 valence electrons. The molecule has 0 saturated carbocycles. The lowest BCUT2D eigenvalue weighted by Gasteiger charge is -2.21. The largest absolute Gasteiger partial charge is 0.238 e. The fourth-order valence-electron chi connectivity index (χ4n) is 2.54. The number of benzene rings is 2. The van der Waals surface area contributed by atoms with Crippen LogP contribution in [0.2, 0.25) is 0 Å². The van der Waals surface area contributed by atoms with Gasteiger partial charge in [-0.25, -0.2) is 31.1 Å². The Morgan fingerprint density at radius 2 is 1.44 bits per heavy atom. The summed E-state index contributed by atoms with van der Waals surface area (Å²) in [6.07, 6.45) is 0.456. The van der Waals surface area contributed by atoms with Gasteiger partial charge in [0.25, 0.3) is 0 Å². The highest BCUT2D eigenvalue weighted by molar-refractivity contribution is 7.89. The molecule has 2 rings (SSSR count). The summed E-state index contributed by atoms with van der Waals surface area (Å²) in [6.45, 7) is 2.71. The van der Waals surface area contributed by atoms with E-state index in [4.69, 9.17) is 5.14 Å². The van der Waals surface area contributed by atoms with E-state index < -0.39 is 25.7 Å². The van der Waals surface area contributed by atoms with Gasteiger partial charge in [0, 0.05) is 6.54 Å². The van der Waals surface area contributed by atoms with E-state index in [2.05, 4.69) is 4.72 Å². The predicted octanol–water partition coefficient (Wildman–Crippen LogP) is 2.52. The molecular weight excluding hydrogens is 391 g/mol. The molecule has 0 radical (unpaired) electrons. The van der Waals surface area contributed by atoms with Crippen molar-refractivity contribution in [2.45, 2.75) is 30.8 Å². The Balaban J connectivity index is 2.16. The van der Waals surface area contributed by atoms with Crippen LogP contribution in [0.5, 0.6) is 0 Å². The summed E-state index contributed by atoms with van der Waals surface area (Å²) < 4.78 is 63.2. The second-order valence-electron chi connectivity index (χ2n) is 6.48. The summed E-state index contributed by atoms with van der Waals surface area (Å²) in [5.74, 6) is -0.0451. The molecule has 6 nitrogen and oxygen atoms in total. The van der Waals surface area contributed by atoms with Crippen molar-refractivity contribution in [1.29, 1.82) is 0 Å². The van der Waals surface area contributed by atoms with Gasteiger partial charge in [-0.05, 0) is 42.2 Å². The summed E-state index contributed by atoms with van der Waals surface area (Å²) in [5.41, 5.74) is -0.0107. The molecule has 3 N–H and O–H groups in total. The molecule has 0 saturated heterocycles. The van der Waals surface area contributed by atoms with Crippen LogP contribution in [-0.4, -0.2) is 29.1 Å². The first-order valence-corrected chi connectivity index (χ1v) is 11.5. The van der Waals surface area contributed by atoms with Crippen LogP contribution in [0.3, 0.4) is 0 Å². The number of sulfonamides is 2. The molecule has 1 atom stereocenters. The fourth-order valence-corrected chi connectivity index (χ4v) is 4.22. The van der Waals surface area contributed by atoms with E-state index >= 15 is 0 Å². The summed E-state index contributed by atoms with van der Waals surface area (Å²) in [6, 6.07) is 12.6. The second kappa shape index (κ2) is 8.05. The summed E-state index contributed by atoms with van der Waals surface area (Å²) in [5, 5.41) is 5.07. The Morgan fingerprint density at radius 3 is 1.89 bits per heavy atom. The Morgan fingerprint density at radius 1 is 0.963 bits per heavy atom. The quantitative estimate of drug-likeness (QED) is 0.692. The van der Waals surface area contributed by atoms with Crippen LogP contribution in [0.15, 0.2) is 53.4 Å². The first kappa shape index (κ1) is 21.5. The van der Waals surface area contributed by atoms with Crippen molar-refractivity contribution in [3.8, 4) is 11.1 Å². The van der Waals surface area contributed by atoms with E-state index in [1.165, 1.54) is 19.1 Å². The average Bonchev–Trinajstić information content (AvgIpc) is 2.60. The van der Waals surface area contributed by atoms with E-state index in [0.717, 1.165) is 11.1 Å². The molecule has 0 aliphatic carbocycles. The van der Waals surface area contributed by atoms with E-state index in [1.54, 1.807) is 43.3 Å². The maximum absolute atomic E-state index is 14.9. The molecule has 0 heterocycles. The third-order valence-electron chi connectivity index (χ3n) is 4.10. The maximum Gasteiger partial charge on any atom is 0.238 e. The van der Waals surface area contributed by atoms with Gasteiger partial charge in [0.05, 0.1) is 10.6 Å². The fraction of sp³-hybridized carbons (Fsp3) is 0.333. The normalized spacial score (nSPS) is 14.7. The first-order chi connectivity index (χ1) is 12.4. The van der Waals surface area contributed by atoms with Gasteiger partial charge >= 0.3 is 0 Å². The molecule has 9 heteroatoms. The van der Waals surface area contributed by atoms with Crippen LogP contribution in [0.1, 0.15) is 25.8 Å². The highest BCUT2D eigenvalue weighted by Crippen LogP contribution is 2.28. The van der Waals surface area contributed by atoms with Gasteiger partial charge in [0.1, 0.15) is 5.67 Å². The van der Waals surface area contributed by atoms with Crippen LogP contribution < -0.4 is 9.86 Å². The molecule has 0 fully saturated rings. The summed E-state index contributed by atoms with van der Waals surface area (Å²) in [7, 11) is -7.25. The molecule has 1 unspecified atom stereocenters. The van der Waals surface area contributed by atoms with Crippen LogP contribution in [0.25, 0.3) is 11.1 Å². The van der Waals surface area contributed by atoms with Crippen molar-refractivity contribution in [1.82, 2.24) is 4.72 Å². The van der Waals surface area contributed by atoms with E-state index in [9.17, 15) is 21.2 Å². The van der Waals surface area contributed by atoms with Crippen LogP contribution in [0.4, 0.5) is 4.39 Å². The maximum atomic E-state index is 14.9. The van der Waals surface area contributed by atoms with E-state index in [-0.39, 0.29) is 17.2 Å². The molecule has 27 heavy (non-hydrogen) atoms. The van der Waals surface area contributed by atoms with Crippen LogP contribution >= 0.6 is 0 Å². The lowest BCUT2D eigenvalue weighted by Crippen LogP contribution is -2.36. The Bertz CT molecular complexity index is 985. The predicted molar refractivity (Wildman–Crippen MR) is 104 cm³/mol. The van der Waals surface area contributed by atoms with E-state index in [1.807, 2.05) is 0 Å². The molecule has 0 aromatic heterocycles. The lowest BCUT2D eigenvalue weighted by molar-refractivity contribution is 0.196. The third kappa shape index (κ3) is 5.83. The number of hydrogen-bond donors (Lipinski definition) is 2. The third-order valence-corrected chi connectivity index (χ3v) is 6.56. The van der Waals surface area contributed by atoms with Crippen molar-refractivity contribution < 1.29 is 21.2 Å². The SMILES string of the molecule is CCCS(=O)(=O)NCC(C)(F)c1ccc(-c2ccc(S(N)(=O)=O)cc2)cc1. The standard InChI is InChI=1S/C18H23FN2O4S2/c1-3-12-26(22,23)21-13-18(2,19)16-8-4-14(5-9-16)15-6-10-17(11-7-15)27(20,24)25/h4-11,21H,3,12-13H2,1-2H3,(H2,20,24,25). The van der Waals surface area contributed by atoms with Crippen molar-refractivity contribution >= 4 is 20.0 Å². The number of nitrogens with one attached hydrogen (secondary N) is 1. The van der Waals surface area contributed by atoms with Gasteiger partial charge < -0.3 is 0 Å².